The lowest BCUT2D eigenvalue weighted by molar-refractivity contribution is -0.0970. The molecule has 0 radical (unpaired) electrons. The maximum Gasteiger partial charge on any atom is 0.280 e. The van der Waals surface area contributed by atoms with E-state index in [0.29, 0.717) is 18.4 Å². The molecule has 9 nitrogen and oxygen atoms in total. The quantitative estimate of drug-likeness (QED) is 0.446. The fourth-order valence-electron chi connectivity index (χ4n) is 2.92. The number of nitrogens with zero attached hydrogens (tertiary/aromatic N) is 5. The minimum absolute atomic E-state index is 0. The first-order chi connectivity index (χ1) is 13.3. The summed E-state index contributed by atoms with van der Waals surface area (Å²) >= 11 is 0. The Kier molecular flexibility index (Phi) is 9.59. The highest BCUT2D eigenvalue weighted by atomic mass is 35.5. The van der Waals surface area contributed by atoms with Gasteiger partial charge in [-0.3, -0.25) is 4.98 Å². The molecule has 2 aromatic heterocycles. The summed E-state index contributed by atoms with van der Waals surface area (Å²) < 4.78 is 0. The van der Waals surface area contributed by atoms with Gasteiger partial charge in [-0.15, -0.1) is 12.4 Å². The van der Waals surface area contributed by atoms with Crippen molar-refractivity contribution in [1.29, 1.82) is 0 Å². The third-order valence-corrected chi connectivity index (χ3v) is 4.27. The van der Waals surface area contributed by atoms with Gasteiger partial charge in [0.05, 0.1) is 18.7 Å². The van der Waals surface area contributed by atoms with Crippen molar-refractivity contribution in [3.05, 3.63) is 18.3 Å². The average molecular weight is 414 g/mol. The molecule has 0 bridgehead atoms. The summed E-state index contributed by atoms with van der Waals surface area (Å²) in [5.41, 5.74) is 1.47. The van der Waals surface area contributed by atoms with E-state index < -0.39 is 0 Å². The molecular formula is C18H28ClN5O4. The van der Waals surface area contributed by atoms with Gasteiger partial charge in [0.1, 0.15) is 5.52 Å². The lowest BCUT2D eigenvalue weighted by Crippen LogP contribution is -2.32. The normalized spacial score (nSPS) is 14.1. The van der Waals surface area contributed by atoms with E-state index in [1.54, 1.807) is 6.20 Å². The zero-order chi connectivity index (χ0) is 18.9. The van der Waals surface area contributed by atoms with E-state index in [4.69, 9.17) is 19.9 Å². The van der Waals surface area contributed by atoms with Crippen molar-refractivity contribution in [3.63, 3.8) is 0 Å². The van der Waals surface area contributed by atoms with Crippen molar-refractivity contribution in [2.24, 2.45) is 0 Å². The monoisotopic (exact) mass is 413 g/mol. The largest absolute Gasteiger partial charge is 0.396 e. The zero-order valence-corrected chi connectivity index (χ0v) is 16.7. The molecule has 0 aromatic carbocycles. The molecule has 1 saturated heterocycles. The molecule has 0 atom stereocenters. The summed E-state index contributed by atoms with van der Waals surface area (Å²) in [6.07, 6.45) is 6.14. The molecule has 0 saturated carbocycles. The van der Waals surface area contributed by atoms with Gasteiger partial charge in [-0.2, -0.15) is 4.98 Å². The molecule has 1 aliphatic heterocycles. The van der Waals surface area contributed by atoms with Gasteiger partial charge in [0, 0.05) is 32.5 Å². The lowest BCUT2D eigenvalue weighted by atomic mass is 10.1. The van der Waals surface area contributed by atoms with Gasteiger partial charge in [0.15, 0.2) is 5.82 Å². The minimum atomic E-state index is 0. The van der Waals surface area contributed by atoms with E-state index in [1.165, 1.54) is 11.6 Å². The predicted molar refractivity (Wildman–Crippen MR) is 108 cm³/mol. The number of aliphatic hydroxyl groups is 2. The number of piperidine rings is 1. The third-order valence-electron chi connectivity index (χ3n) is 4.27. The van der Waals surface area contributed by atoms with Crippen LogP contribution < -0.4 is 10.1 Å². The van der Waals surface area contributed by atoms with Crippen LogP contribution in [-0.2, 0) is 9.68 Å². The van der Waals surface area contributed by atoms with Crippen molar-refractivity contribution >= 4 is 35.2 Å². The number of hydrogen-bond donors (Lipinski definition) is 2. The number of pyridine rings is 1. The van der Waals surface area contributed by atoms with Gasteiger partial charge in [-0.25, -0.2) is 14.7 Å². The van der Waals surface area contributed by atoms with Gasteiger partial charge in [-0.1, -0.05) is 5.23 Å². The van der Waals surface area contributed by atoms with Gasteiger partial charge >= 0.3 is 0 Å². The van der Waals surface area contributed by atoms with Crippen LogP contribution in [0.3, 0.4) is 0 Å². The number of fused-ring (bicyclic) bond motifs is 1. The Hall–Kier alpha value is -1.78. The van der Waals surface area contributed by atoms with Gasteiger partial charge in [-0.05, 0) is 44.2 Å². The smallest absolute Gasteiger partial charge is 0.280 e. The molecule has 0 aliphatic carbocycles. The van der Waals surface area contributed by atoms with E-state index in [0.717, 1.165) is 37.3 Å². The number of anilines is 2. The van der Waals surface area contributed by atoms with E-state index in [9.17, 15) is 0 Å². The summed E-state index contributed by atoms with van der Waals surface area (Å²) in [6.45, 7) is 2.43. The van der Waals surface area contributed by atoms with Crippen LogP contribution in [0.25, 0.3) is 11.0 Å². The Bertz CT molecular complexity index is 707. The van der Waals surface area contributed by atoms with Crippen LogP contribution in [0.15, 0.2) is 18.3 Å². The Morgan fingerprint density at radius 1 is 1.00 bits per heavy atom. The fourth-order valence-corrected chi connectivity index (χ4v) is 2.92. The van der Waals surface area contributed by atoms with Crippen molar-refractivity contribution < 1.29 is 19.9 Å². The average Bonchev–Trinajstić information content (AvgIpc) is 2.72. The highest BCUT2D eigenvalue weighted by molar-refractivity contribution is 5.86. The number of rotatable bonds is 10. The molecule has 0 unspecified atom stereocenters. The van der Waals surface area contributed by atoms with Crippen LogP contribution in [-0.4, -0.2) is 64.7 Å². The van der Waals surface area contributed by atoms with E-state index in [1.807, 2.05) is 12.1 Å². The van der Waals surface area contributed by atoms with Crippen LogP contribution in [0.5, 0.6) is 0 Å². The first-order valence-corrected chi connectivity index (χ1v) is 9.49. The molecule has 3 heterocycles. The molecule has 156 valence electrons. The first kappa shape index (κ1) is 22.5. The Morgan fingerprint density at radius 3 is 2.32 bits per heavy atom. The summed E-state index contributed by atoms with van der Waals surface area (Å²) in [6, 6.07) is 3.73. The first-order valence-electron chi connectivity index (χ1n) is 9.49. The molecule has 0 amide bonds. The third kappa shape index (κ3) is 5.86. The topological polar surface area (TPSA) is 104 Å². The van der Waals surface area contributed by atoms with Crippen molar-refractivity contribution in [3.8, 4) is 0 Å². The van der Waals surface area contributed by atoms with Crippen LogP contribution in [0.4, 0.5) is 11.8 Å². The summed E-state index contributed by atoms with van der Waals surface area (Å²) in [4.78, 5) is 27.1. The number of aliphatic hydroxyl groups excluding tert-OH is 2. The maximum atomic E-state index is 9.00. The molecule has 1 aliphatic rings. The van der Waals surface area contributed by atoms with E-state index >= 15 is 0 Å². The molecule has 28 heavy (non-hydrogen) atoms. The Labute approximate surface area is 170 Å². The highest BCUT2D eigenvalue weighted by Crippen LogP contribution is 2.27. The van der Waals surface area contributed by atoms with Gasteiger partial charge in [0.25, 0.3) is 5.95 Å². The van der Waals surface area contributed by atoms with Gasteiger partial charge < -0.3 is 15.1 Å². The van der Waals surface area contributed by atoms with Crippen molar-refractivity contribution in [2.75, 3.05) is 49.6 Å². The van der Waals surface area contributed by atoms with Crippen molar-refractivity contribution in [1.82, 2.24) is 15.0 Å². The maximum absolute atomic E-state index is 9.00. The Morgan fingerprint density at radius 2 is 1.68 bits per heavy atom. The zero-order valence-electron chi connectivity index (χ0n) is 15.9. The fraction of sp³-hybridized carbons (Fsp3) is 0.611. The van der Waals surface area contributed by atoms with Crippen LogP contribution in [0.2, 0.25) is 0 Å². The predicted octanol–water partition coefficient (Wildman–Crippen LogP) is 1.87. The lowest BCUT2D eigenvalue weighted by Gasteiger charge is -2.29. The summed E-state index contributed by atoms with van der Waals surface area (Å²) in [5.74, 6) is 1.06. The second kappa shape index (κ2) is 11.9. The standard InChI is InChI=1S/C18H27N5O4.ClH/c24-11-5-13-26-23(27-14-6-12-25)18-20-15-7-4-8-19-16(15)17(21-18)22-9-2-1-3-10-22;/h4,7-8,24-25H,1-3,5-6,9-14H2;1H. The number of hydrogen-bond acceptors (Lipinski definition) is 9. The van der Waals surface area contributed by atoms with Crippen molar-refractivity contribution in [2.45, 2.75) is 32.1 Å². The molecule has 2 aromatic rings. The summed E-state index contributed by atoms with van der Waals surface area (Å²) in [7, 11) is 0. The number of aromatic nitrogens is 3. The molecule has 3 rings (SSSR count). The van der Waals surface area contributed by atoms with E-state index in [-0.39, 0.29) is 44.8 Å². The number of halogens is 1. The molecule has 1 fully saturated rings. The molecule has 10 heteroatoms. The minimum Gasteiger partial charge on any atom is -0.396 e. The second-order valence-electron chi connectivity index (χ2n) is 6.34. The molecule has 2 N–H and O–H groups in total. The van der Waals surface area contributed by atoms with Crippen LogP contribution >= 0.6 is 12.4 Å². The van der Waals surface area contributed by atoms with Crippen LogP contribution in [0, 0.1) is 0 Å². The molecular weight excluding hydrogens is 386 g/mol. The van der Waals surface area contributed by atoms with E-state index in [2.05, 4.69) is 19.9 Å². The summed E-state index contributed by atoms with van der Waals surface area (Å²) in [5, 5.41) is 19.2. The Balaban J connectivity index is 0.00000280. The highest BCUT2D eigenvalue weighted by Gasteiger charge is 2.21. The van der Waals surface area contributed by atoms with Gasteiger partial charge in [0.2, 0.25) is 0 Å². The SMILES string of the molecule is Cl.OCCCON(OCCCO)c1nc(N2CCCCC2)c2ncccc2n1. The molecule has 0 spiro atoms. The van der Waals surface area contributed by atoms with Crippen LogP contribution in [0.1, 0.15) is 32.1 Å². The second-order valence-corrected chi connectivity index (χ2v) is 6.34.